The maximum atomic E-state index is 11.1. The van der Waals surface area contributed by atoms with Crippen LogP contribution in [0.15, 0.2) is 6.07 Å². The first-order chi connectivity index (χ1) is 8.82. The van der Waals surface area contributed by atoms with Gasteiger partial charge in [-0.3, -0.25) is 0 Å². The lowest BCUT2D eigenvalue weighted by atomic mass is 10.2. The van der Waals surface area contributed by atoms with E-state index in [4.69, 9.17) is 5.11 Å². The third-order valence-electron chi connectivity index (χ3n) is 3.22. The molecule has 2 heterocycles. The molecule has 0 saturated heterocycles. The fraction of sp³-hybridized carbons (Fsp3) is 0.429. The van der Waals surface area contributed by atoms with Gasteiger partial charge in [-0.05, 0) is 40.7 Å². The van der Waals surface area contributed by atoms with E-state index in [1.807, 2.05) is 0 Å². The zero-order valence-corrected chi connectivity index (χ0v) is 12.6. The van der Waals surface area contributed by atoms with Crippen LogP contribution in [0.4, 0.5) is 0 Å². The summed E-state index contributed by atoms with van der Waals surface area (Å²) >= 11 is 1.24. The molecule has 0 aliphatic rings. The van der Waals surface area contributed by atoms with Crippen LogP contribution in [0.5, 0.6) is 0 Å². The first-order valence-corrected chi connectivity index (χ1v) is 7.04. The number of aryl methyl sites for hydroxylation is 2. The first kappa shape index (κ1) is 13.8. The summed E-state index contributed by atoms with van der Waals surface area (Å²) in [5.41, 5.74) is 3.93. The molecule has 0 unspecified atom stereocenters. The fourth-order valence-electron chi connectivity index (χ4n) is 2.50. The molecule has 0 aliphatic carbocycles. The van der Waals surface area contributed by atoms with Crippen molar-refractivity contribution in [3.63, 3.8) is 0 Å². The molecule has 19 heavy (non-hydrogen) atoms. The number of nitrogens with zero attached hydrogens (tertiary/aromatic N) is 2. The number of hydrogen-bond donors (Lipinski definition) is 1. The maximum Gasteiger partial charge on any atom is 0.347 e. The smallest absolute Gasteiger partial charge is 0.347 e. The predicted octanol–water partition coefficient (Wildman–Crippen LogP) is 3.82. The Morgan fingerprint density at radius 2 is 2.00 bits per heavy atom. The maximum absolute atomic E-state index is 11.1. The number of carboxylic acids is 1. The monoisotopic (exact) mass is 278 g/mol. The van der Waals surface area contributed by atoms with E-state index in [-0.39, 0.29) is 0 Å². The molecule has 2 aromatic heterocycles. The van der Waals surface area contributed by atoms with Crippen molar-refractivity contribution in [1.29, 1.82) is 0 Å². The van der Waals surface area contributed by atoms with E-state index in [1.54, 1.807) is 6.92 Å². The van der Waals surface area contributed by atoms with Crippen LogP contribution in [0.25, 0.3) is 10.6 Å². The molecule has 0 spiro atoms. The van der Waals surface area contributed by atoms with Gasteiger partial charge in [-0.25, -0.2) is 9.78 Å². The van der Waals surface area contributed by atoms with E-state index in [2.05, 4.69) is 43.3 Å². The Kier molecular flexibility index (Phi) is 3.49. The quantitative estimate of drug-likeness (QED) is 0.928. The predicted molar refractivity (Wildman–Crippen MR) is 77.1 cm³/mol. The van der Waals surface area contributed by atoms with Crippen molar-refractivity contribution < 1.29 is 9.90 Å². The molecule has 0 fully saturated rings. The highest BCUT2D eigenvalue weighted by Crippen LogP contribution is 2.33. The molecule has 2 aromatic rings. The van der Waals surface area contributed by atoms with E-state index in [9.17, 15) is 4.79 Å². The highest BCUT2D eigenvalue weighted by molar-refractivity contribution is 7.17. The summed E-state index contributed by atoms with van der Waals surface area (Å²) in [7, 11) is 0. The van der Waals surface area contributed by atoms with Crippen molar-refractivity contribution in [3.8, 4) is 10.6 Å². The minimum absolute atomic E-state index is 0.323. The van der Waals surface area contributed by atoms with Crippen LogP contribution in [0.1, 0.15) is 46.6 Å². The summed E-state index contributed by atoms with van der Waals surface area (Å²) in [6.07, 6.45) is 0. The van der Waals surface area contributed by atoms with Gasteiger partial charge >= 0.3 is 5.97 Å². The van der Waals surface area contributed by atoms with Gasteiger partial charge in [0.15, 0.2) is 0 Å². The van der Waals surface area contributed by atoms with E-state index in [1.165, 1.54) is 17.0 Å². The van der Waals surface area contributed by atoms with Crippen molar-refractivity contribution in [2.24, 2.45) is 0 Å². The van der Waals surface area contributed by atoms with Crippen molar-refractivity contribution >= 4 is 17.3 Å². The molecule has 2 rings (SSSR count). The van der Waals surface area contributed by atoms with Gasteiger partial charge in [0.2, 0.25) is 0 Å². The number of carbonyl (C=O) groups is 1. The summed E-state index contributed by atoms with van der Waals surface area (Å²) in [6, 6.07) is 2.47. The third kappa shape index (κ3) is 2.30. The van der Waals surface area contributed by atoms with Crippen LogP contribution in [0.3, 0.4) is 0 Å². The zero-order valence-electron chi connectivity index (χ0n) is 11.8. The number of aromatic nitrogens is 2. The largest absolute Gasteiger partial charge is 0.477 e. The average molecular weight is 278 g/mol. The topological polar surface area (TPSA) is 55.1 Å². The second-order valence-electron chi connectivity index (χ2n) is 4.99. The molecule has 0 atom stereocenters. The Bertz CT molecular complexity index is 638. The molecule has 0 bridgehead atoms. The summed E-state index contributed by atoms with van der Waals surface area (Å²) in [5, 5.41) is 9.90. The lowest BCUT2D eigenvalue weighted by Gasteiger charge is -2.13. The molecule has 0 aromatic carbocycles. The van der Waals surface area contributed by atoms with E-state index in [0.29, 0.717) is 16.6 Å². The Morgan fingerprint density at radius 3 is 2.42 bits per heavy atom. The van der Waals surface area contributed by atoms with Gasteiger partial charge in [0.1, 0.15) is 9.88 Å². The minimum Gasteiger partial charge on any atom is -0.477 e. The Morgan fingerprint density at radius 1 is 1.37 bits per heavy atom. The zero-order chi connectivity index (χ0) is 14.3. The van der Waals surface area contributed by atoms with E-state index in [0.717, 1.165) is 16.3 Å². The van der Waals surface area contributed by atoms with Gasteiger partial charge in [0.25, 0.3) is 0 Å². The molecule has 0 aliphatic heterocycles. The number of thiazole rings is 1. The fourth-order valence-corrected chi connectivity index (χ4v) is 3.47. The van der Waals surface area contributed by atoms with Crippen LogP contribution < -0.4 is 0 Å². The van der Waals surface area contributed by atoms with Crippen molar-refractivity contribution in [3.05, 3.63) is 28.0 Å². The standard InChI is InChI=1S/C14H18N2O2S/c1-7(2)16-8(3)6-11(10(16)5)13-15-9(4)12(19-13)14(17)18/h6-7H,1-5H3,(H,17,18). The van der Waals surface area contributed by atoms with Gasteiger partial charge < -0.3 is 9.67 Å². The van der Waals surface area contributed by atoms with Gasteiger partial charge in [-0.15, -0.1) is 11.3 Å². The van der Waals surface area contributed by atoms with Gasteiger partial charge in [0, 0.05) is 23.0 Å². The Balaban J connectivity index is 2.57. The summed E-state index contributed by atoms with van der Waals surface area (Å²) in [5.74, 6) is -0.904. The Labute approximate surface area is 116 Å². The third-order valence-corrected chi connectivity index (χ3v) is 4.40. The molecular weight excluding hydrogens is 260 g/mol. The second-order valence-corrected chi connectivity index (χ2v) is 5.99. The average Bonchev–Trinajstić information content (AvgIpc) is 2.79. The van der Waals surface area contributed by atoms with Gasteiger partial charge in [0.05, 0.1) is 5.69 Å². The van der Waals surface area contributed by atoms with E-state index >= 15 is 0 Å². The van der Waals surface area contributed by atoms with Gasteiger partial charge in [-0.2, -0.15) is 0 Å². The molecular formula is C14H18N2O2S. The molecule has 0 radical (unpaired) electrons. The van der Waals surface area contributed by atoms with Gasteiger partial charge in [-0.1, -0.05) is 0 Å². The first-order valence-electron chi connectivity index (χ1n) is 6.22. The normalized spacial score (nSPS) is 11.3. The number of rotatable bonds is 3. The Hall–Kier alpha value is -1.62. The summed E-state index contributed by atoms with van der Waals surface area (Å²) in [6.45, 7) is 10.1. The lowest BCUT2D eigenvalue weighted by molar-refractivity contribution is 0.0701. The lowest BCUT2D eigenvalue weighted by Crippen LogP contribution is -2.04. The highest BCUT2D eigenvalue weighted by atomic mass is 32.1. The number of aromatic carboxylic acids is 1. The highest BCUT2D eigenvalue weighted by Gasteiger charge is 2.19. The molecule has 4 nitrogen and oxygen atoms in total. The molecule has 102 valence electrons. The van der Waals surface area contributed by atoms with Crippen LogP contribution in [-0.2, 0) is 0 Å². The second kappa shape index (κ2) is 4.81. The van der Waals surface area contributed by atoms with Crippen molar-refractivity contribution in [2.75, 3.05) is 0 Å². The molecule has 1 N–H and O–H groups in total. The van der Waals surface area contributed by atoms with Crippen LogP contribution in [-0.4, -0.2) is 20.6 Å². The minimum atomic E-state index is -0.904. The van der Waals surface area contributed by atoms with E-state index < -0.39 is 5.97 Å². The van der Waals surface area contributed by atoms with Crippen molar-refractivity contribution in [1.82, 2.24) is 9.55 Å². The summed E-state index contributed by atoms with van der Waals surface area (Å²) in [4.78, 5) is 15.8. The summed E-state index contributed by atoms with van der Waals surface area (Å²) < 4.78 is 2.24. The van der Waals surface area contributed by atoms with Crippen LogP contribution in [0.2, 0.25) is 0 Å². The number of hydrogen-bond acceptors (Lipinski definition) is 3. The SMILES string of the molecule is Cc1nc(-c2cc(C)n(C(C)C)c2C)sc1C(=O)O. The number of carboxylic acid groups (broad SMARTS) is 1. The molecule has 0 amide bonds. The van der Waals surface area contributed by atoms with Crippen LogP contribution in [0, 0.1) is 20.8 Å². The molecule has 5 heteroatoms. The van der Waals surface area contributed by atoms with Crippen molar-refractivity contribution in [2.45, 2.75) is 40.7 Å². The molecule has 0 saturated carbocycles. The van der Waals surface area contributed by atoms with Crippen LogP contribution >= 0.6 is 11.3 Å².